The Hall–Kier alpha value is -1.08. The van der Waals surface area contributed by atoms with Crippen LogP contribution in [-0.4, -0.2) is 17.5 Å². The molecule has 0 rings (SSSR count). The second-order valence-electron chi connectivity index (χ2n) is 3.23. The zero-order valence-corrected chi connectivity index (χ0v) is 7.22. The lowest BCUT2D eigenvalue weighted by atomic mass is 10.2. The van der Waals surface area contributed by atoms with Gasteiger partial charge in [0.2, 0.25) is 0 Å². The van der Waals surface area contributed by atoms with Gasteiger partial charge in [0.25, 0.3) is 0 Å². The number of esters is 1. The topological polar surface area (TPSA) is 43.4 Å². The molecule has 0 saturated carbocycles. The zero-order valence-electron chi connectivity index (χ0n) is 7.22. The van der Waals surface area contributed by atoms with Crippen molar-refractivity contribution in [3.63, 3.8) is 0 Å². The van der Waals surface area contributed by atoms with Crippen molar-refractivity contribution in [2.45, 2.75) is 33.3 Å². The Balaban J connectivity index is 4.21. The Morgan fingerprint density at radius 1 is 1.36 bits per heavy atom. The first-order valence-electron chi connectivity index (χ1n) is 3.32. The second-order valence-corrected chi connectivity index (χ2v) is 3.23. The second kappa shape index (κ2) is 3.35. The lowest BCUT2D eigenvalue weighted by molar-refractivity contribution is -0.149. The molecule has 0 aliphatic heterocycles. The maximum Gasteiger partial charge on any atom is 0.345 e. The van der Waals surface area contributed by atoms with Crippen LogP contribution in [0.25, 0.3) is 0 Å². The number of hydrogen-bond donors (Lipinski definition) is 0. The van der Waals surface area contributed by atoms with Gasteiger partial charge in [0, 0.05) is 0 Å². The van der Waals surface area contributed by atoms with Gasteiger partial charge >= 0.3 is 5.97 Å². The van der Waals surface area contributed by atoms with Crippen molar-refractivity contribution in [1.82, 2.24) is 0 Å². The molecule has 0 unspecified atom stereocenters. The normalized spacial score (nSPS) is 10.2. The summed E-state index contributed by atoms with van der Waals surface area (Å²) in [7, 11) is 0. The molecule has 0 radical (unpaired) electrons. The first kappa shape index (κ1) is 9.92. The van der Waals surface area contributed by atoms with Crippen molar-refractivity contribution in [3.05, 3.63) is 5.57 Å². The van der Waals surface area contributed by atoms with Gasteiger partial charge in [0.05, 0.1) is 0 Å². The Morgan fingerprint density at radius 3 is 2.09 bits per heavy atom. The quantitative estimate of drug-likeness (QED) is 0.324. The number of carbonyl (C=O) groups excluding carboxylic acids is 2. The lowest BCUT2D eigenvalue weighted by Gasteiger charge is -2.18. The third-order valence-electron chi connectivity index (χ3n) is 0.858. The van der Waals surface area contributed by atoms with E-state index in [-0.39, 0.29) is 5.57 Å². The summed E-state index contributed by atoms with van der Waals surface area (Å²) in [4.78, 5) is 20.8. The molecule has 0 spiro atoms. The van der Waals surface area contributed by atoms with Crippen LogP contribution in [0.5, 0.6) is 0 Å². The maximum atomic E-state index is 10.9. The monoisotopic (exact) mass is 156 g/mol. The molecule has 0 bridgehead atoms. The maximum absolute atomic E-state index is 10.9. The number of hydrogen-bond acceptors (Lipinski definition) is 3. The summed E-state index contributed by atoms with van der Waals surface area (Å²) in [6.45, 7) is 6.59. The van der Waals surface area contributed by atoms with Crippen LogP contribution < -0.4 is 0 Å². The van der Waals surface area contributed by atoms with E-state index in [1.165, 1.54) is 12.9 Å². The average molecular weight is 156 g/mol. The molecule has 0 aliphatic carbocycles. The highest BCUT2D eigenvalue weighted by atomic mass is 16.6. The SMILES string of the molecule is CC(=C=O)C(=O)OC(C)(C)C. The standard InChI is InChI=1S/C8H12O3/c1-6(5-9)7(10)11-8(2,3)4/h1-4H3. The van der Waals surface area contributed by atoms with Crippen molar-refractivity contribution in [1.29, 1.82) is 0 Å². The number of rotatable bonds is 1. The highest BCUT2D eigenvalue weighted by Crippen LogP contribution is 2.08. The zero-order chi connectivity index (χ0) is 9.07. The fourth-order valence-electron chi connectivity index (χ4n) is 0.396. The highest BCUT2D eigenvalue weighted by molar-refractivity contribution is 5.96. The van der Waals surface area contributed by atoms with Gasteiger partial charge in [-0.15, -0.1) is 0 Å². The fourth-order valence-corrected chi connectivity index (χ4v) is 0.396. The molecule has 0 aromatic rings. The summed E-state index contributed by atoms with van der Waals surface area (Å²) in [6.07, 6.45) is 0. The van der Waals surface area contributed by atoms with Crippen LogP contribution in [0.15, 0.2) is 5.57 Å². The third kappa shape index (κ3) is 4.34. The van der Waals surface area contributed by atoms with E-state index in [1.54, 1.807) is 20.8 Å². The minimum absolute atomic E-state index is 0.0278. The predicted molar refractivity (Wildman–Crippen MR) is 40.7 cm³/mol. The van der Waals surface area contributed by atoms with Gasteiger partial charge in [-0.2, -0.15) is 0 Å². The minimum atomic E-state index is -0.604. The van der Waals surface area contributed by atoms with Crippen molar-refractivity contribution in [3.8, 4) is 0 Å². The summed E-state index contributed by atoms with van der Waals surface area (Å²) >= 11 is 0. The Labute approximate surface area is 66.0 Å². The molecule has 0 aliphatic rings. The van der Waals surface area contributed by atoms with Crippen molar-refractivity contribution >= 4 is 11.9 Å². The summed E-state index contributed by atoms with van der Waals surface area (Å²) in [5.41, 5.74) is -0.574. The average Bonchev–Trinajstić information content (AvgIpc) is 1.82. The third-order valence-corrected chi connectivity index (χ3v) is 0.858. The molecular formula is C8H12O3. The highest BCUT2D eigenvalue weighted by Gasteiger charge is 2.17. The molecule has 0 atom stereocenters. The molecular weight excluding hydrogens is 144 g/mol. The van der Waals surface area contributed by atoms with E-state index >= 15 is 0 Å². The van der Waals surface area contributed by atoms with Gasteiger partial charge in [-0.05, 0) is 27.7 Å². The minimum Gasteiger partial charge on any atom is -0.456 e. The van der Waals surface area contributed by atoms with Crippen LogP contribution >= 0.6 is 0 Å². The van der Waals surface area contributed by atoms with E-state index < -0.39 is 11.6 Å². The summed E-state index contributed by atoms with van der Waals surface area (Å²) in [5.74, 6) is 0.875. The summed E-state index contributed by atoms with van der Waals surface area (Å²) < 4.78 is 4.85. The molecule has 0 heterocycles. The summed E-state index contributed by atoms with van der Waals surface area (Å²) in [6, 6.07) is 0. The van der Waals surface area contributed by atoms with Crippen molar-refractivity contribution < 1.29 is 14.3 Å². The lowest BCUT2D eigenvalue weighted by Crippen LogP contribution is -2.24. The van der Waals surface area contributed by atoms with Gasteiger partial charge in [-0.3, -0.25) is 0 Å². The van der Waals surface area contributed by atoms with Gasteiger partial charge < -0.3 is 4.74 Å². The van der Waals surface area contributed by atoms with Crippen molar-refractivity contribution in [2.24, 2.45) is 0 Å². The first-order valence-corrected chi connectivity index (χ1v) is 3.32. The molecule has 0 saturated heterocycles. The predicted octanol–water partition coefficient (Wildman–Crippen LogP) is 1.11. The van der Waals surface area contributed by atoms with Crippen LogP contribution in [-0.2, 0) is 14.3 Å². The first-order chi connectivity index (χ1) is 4.87. The summed E-state index contributed by atoms with van der Waals surface area (Å²) in [5, 5.41) is 0. The van der Waals surface area contributed by atoms with E-state index in [0.717, 1.165) is 0 Å². The van der Waals surface area contributed by atoms with Gasteiger partial charge in [0.1, 0.15) is 17.1 Å². The molecule has 3 nitrogen and oxygen atoms in total. The molecule has 0 N–H and O–H groups in total. The molecule has 11 heavy (non-hydrogen) atoms. The van der Waals surface area contributed by atoms with E-state index in [1.807, 2.05) is 0 Å². The van der Waals surface area contributed by atoms with E-state index in [0.29, 0.717) is 0 Å². The van der Waals surface area contributed by atoms with Crippen LogP contribution in [0.4, 0.5) is 0 Å². The Morgan fingerprint density at radius 2 is 1.82 bits per heavy atom. The van der Waals surface area contributed by atoms with Crippen LogP contribution in [0, 0.1) is 0 Å². The van der Waals surface area contributed by atoms with E-state index in [9.17, 15) is 9.59 Å². The molecule has 0 amide bonds. The Kier molecular flexibility index (Phi) is 3.02. The van der Waals surface area contributed by atoms with Gasteiger partial charge in [-0.25, -0.2) is 9.59 Å². The van der Waals surface area contributed by atoms with Crippen LogP contribution in [0.3, 0.4) is 0 Å². The smallest absolute Gasteiger partial charge is 0.345 e. The van der Waals surface area contributed by atoms with Gasteiger partial charge in [0.15, 0.2) is 0 Å². The molecule has 0 fully saturated rings. The van der Waals surface area contributed by atoms with Gasteiger partial charge in [-0.1, -0.05) is 0 Å². The number of ether oxygens (including phenoxy) is 1. The molecule has 0 aromatic heterocycles. The largest absolute Gasteiger partial charge is 0.456 e. The Bertz CT molecular complexity index is 204. The number of carbonyl (C=O) groups is 1. The van der Waals surface area contributed by atoms with Crippen molar-refractivity contribution in [2.75, 3.05) is 0 Å². The van der Waals surface area contributed by atoms with Crippen LogP contribution in [0.2, 0.25) is 0 Å². The van der Waals surface area contributed by atoms with Crippen LogP contribution in [0.1, 0.15) is 27.7 Å². The van der Waals surface area contributed by atoms with E-state index in [4.69, 9.17) is 4.74 Å². The molecule has 0 aromatic carbocycles. The molecule has 3 heteroatoms. The molecule has 62 valence electrons. The fraction of sp³-hybridized carbons (Fsp3) is 0.625. The van der Waals surface area contributed by atoms with E-state index in [2.05, 4.69) is 0 Å².